The highest BCUT2D eigenvalue weighted by atomic mass is 19.4. The molecule has 134 valence electrons. The molecular weight excluding hydrogens is 339 g/mol. The molecule has 3 N–H and O–H groups in total. The average Bonchev–Trinajstić information content (AvgIpc) is 2.55. The average molecular weight is 355 g/mol. The number of aliphatic hydroxyl groups excluding tert-OH is 1. The maximum Gasteiger partial charge on any atom is 0.416 e. The van der Waals surface area contributed by atoms with Crippen LogP contribution in [0.2, 0.25) is 0 Å². The number of rotatable bonds is 4. The Kier molecular flexibility index (Phi) is 5.27. The van der Waals surface area contributed by atoms with E-state index in [4.69, 9.17) is 0 Å². The number of aromatic nitrogens is 2. The number of aryl methyl sites for hydroxylation is 1. The monoisotopic (exact) mass is 355 g/mol. The SMILES string of the molecule is Cc1n[nH]c(=O)c(C(=O)NC[C@@H](O)c2ccccc2C(F)(F)F)c1C. The number of halogens is 3. The van der Waals surface area contributed by atoms with E-state index in [-0.39, 0.29) is 11.1 Å². The van der Waals surface area contributed by atoms with E-state index in [1.807, 2.05) is 0 Å². The smallest absolute Gasteiger partial charge is 0.387 e. The number of hydrogen-bond acceptors (Lipinski definition) is 4. The van der Waals surface area contributed by atoms with Crippen LogP contribution in [0.15, 0.2) is 29.1 Å². The zero-order valence-electron chi connectivity index (χ0n) is 13.4. The summed E-state index contributed by atoms with van der Waals surface area (Å²) in [7, 11) is 0. The molecule has 1 heterocycles. The lowest BCUT2D eigenvalue weighted by Gasteiger charge is -2.18. The lowest BCUT2D eigenvalue weighted by atomic mass is 10.0. The van der Waals surface area contributed by atoms with Crippen molar-refractivity contribution in [2.75, 3.05) is 6.54 Å². The minimum atomic E-state index is -4.63. The van der Waals surface area contributed by atoms with Gasteiger partial charge in [0, 0.05) is 6.54 Å². The van der Waals surface area contributed by atoms with Gasteiger partial charge in [0.25, 0.3) is 11.5 Å². The van der Waals surface area contributed by atoms with Gasteiger partial charge in [-0.1, -0.05) is 18.2 Å². The summed E-state index contributed by atoms with van der Waals surface area (Å²) in [6.45, 7) is 2.64. The Morgan fingerprint density at radius 1 is 1.32 bits per heavy atom. The van der Waals surface area contributed by atoms with Crippen LogP contribution >= 0.6 is 0 Å². The van der Waals surface area contributed by atoms with Gasteiger partial charge in [-0.2, -0.15) is 18.3 Å². The minimum absolute atomic E-state index is 0.191. The van der Waals surface area contributed by atoms with Gasteiger partial charge in [0.15, 0.2) is 0 Å². The number of hydrogen-bond donors (Lipinski definition) is 3. The fourth-order valence-corrected chi connectivity index (χ4v) is 2.33. The standard InChI is InChI=1S/C16H16F3N3O3/c1-8-9(2)21-22-15(25)13(8)14(24)20-7-12(23)10-5-3-4-6-11(10)16(17,18)19/h3-6,12,23H,7H2,1-2H3,(H,20,24)(H,22,25)/t12-/m1/s1. The largest absolute Gasteiger partial charge is 0.416 e. The van der Waals surface area contributed by atoms with Crippen LogP contribution in [-0.4, -0.2) is 27.8 Å². The topological polar surface area (TPSA) is 95.1 Å². The summed E-state index contributed by atoms with van der Waals surface area (Å²) >= 11 is 0. The van der Waals surface area contributed by atoms with E-state index < -0.39 is 35.9 Å². The highest BCUT2D eigenvalue weighted by Gasteiger charge is 2.34. The van der Waals surface area contributed by atoms with Crippen molar-refractivity contribution < 1.29 is 23.1 Å². The highest BCUT2D eigenvalue weighted by Crippen LogP contribution is 2.34. The summed E-state index contributed by atoms with van der Waals surface area (Å²) in [5, 5.41) is 18.2. The first-order chi connectivity index (χ1) is 11.6. The van der Waals surface area contributed by atoms with Gasteiger partial charge in [-0.3, -0.25) is 9.59 Å². The van der Waals surface area contributed by atoms with Gasteiger partial charge in [0.05, 0.1) is 17.4 Å². The first-order valence-corrected chi connectivity index (χ1v) is 7.31. The van der Waals surface area contributed by atoms with Crippen LogP contribution in [0.3, 0.4) is 0 Å². The van der Waals surface area contributed by atoms with Gasteiger partial charge < -0.3 is 10.4 Å². The number of carbonyl (C=O) groups excluding carboxylic acids is 1. The molecule has 0 radical (unpaired) electrons. The number of carbonyl (C=O) groups is 1. The van der Waals surface area contributed by atoms with Crippen LogP contribution < -0.4 is 10.9 Å². The Bertz CT molecular complexity index is 846. The molecule has 2 rings (SSSR count). The Morgan fingerprint density at radius 2 is 1.96 bits per heavy atom. The molecule has 0 saturated carbocycles. The molecule has 0 unspecified atom stereocenters. The van der Waals surface area contributed by atoms with Crippen molar-refractivity contribution in [2.45, 2.75) is 26.1 Å². The first-order valence-electron chi connectivity index (χ1n) is 7.31. The molecular formula is C16H16F3N3O3. The second-order valence-electron chi connectivity index (χ2n) is 5.45. The molecule has 1 atom stereocenters. The van der Waals surface area contributed by atoms with Gasteiger partial charge >= 0.3 is 6.18 Å². The molecule has 0 saturated heterocycles. The van der Waals surface area contributed by atoms with Crippen molar-refractivity contribution in [1.29, 1.82) is 0 Å². The van der Waals surface area contributed by atoms with Crippen LogP contribution in [0.4, 0.5) is 13.2 Å². The summed E-state index contributed by atoms with van der Waals surface area (Å²) in [5.41, 5.74) is -1.45. The summed E-state index contributed by atoms with van der Waals surface area (Å²) in [6, 6.07) is 4.55. The molecule has 6 nitrogen and oxygen atoms in total. The number of nitrogens with zero attached hydrogens (tertiary/aromatic N) is 1. The lowest BCUT2D eigenvalue weighted by molar-refractivity contribution is -0.139. The Morgan fingerprint density at radius 3 is 2.60 bits per heavy atom. The third-order valence-electron chi connectivity index (χ3n) is 3.78. The molecule has 1 aromatic heterocycles. The maximum atomic E-state index is 13.0. The molecule has 25 heavy (non-hydrogen) atoms. The molecule has 2 aromatic rings. The van der Waals surface area contributed by atoms with Crippen molar-refractivity contribution in [3.8, 4) is 0 Å². The van der Waals surface area contributed by atoms with Crippen LogP contribution in [0.1, 0.15) is 38.8 Å². The Hall–Kier alpha value is -2.68. The van der Waals surface area contributed by atoms with E-state index in [1.54, 1.807) is 6.92 Å². The van der Waals surface area contributed by atoms with Crippen LogP contribution in [0, 0.1) is 13.8 Å². The quantitative estimate of drug-likeness (QED) is 0.780. The van der Waals surface area contributed by atoms with Crippen molar-refractivity contribution in [2.24, 2.45) is 0 Å². The van der Waals surface area contributed by atoms with Crippen molar-refractivity contribution >= 4 is 5.91 Å². The third-order valence-corrected chi connectivity index (χ3v) is 3.78. The van der Waals surface area contributed by atoms with Gasteiger partial charge in [0.1, 0.15) is 5.56 Å². The molecule has 0 aliphatic rings. The second-order valence-corrected chi connectivity index (χ2v) is 5.45. The summed E-state index contributed by atoms with van der Waals surface area (Å²) in [5.74, 6) is -0.798. The van der Waals surface area contributed by atoms with Gasteiger partial charge in [-0.05, 0) is 31.0 Å². The number of benzene rings is 1. The van der Waals surface area contributed by atoms with Crippen LogP contribution in [0.25, 0.3) is 0 Å². The van der Waals surface area contributed by atoms with Gasteiger partial charge in [-0.25, -0.2) is 5.10 Å². The summed E-state index contributed by atoms with van der Waals surface area (Å²) in [4.78, 5) is 23.9. The predicted octanol–water partition coefficient (Wildman–Crippen LogP) is 1.87. The molecule has 0 spiro atoms. The van der Waals surface area contributed by atoms with E-state index in [1.165, 1.54) is 19.1 Å². The molecule has 0 aliphatic heterocycles. The van der Waals surface area contributed by atoms with Crippen molar-refractivity contribution in [1.82, 2.24) is 15.5 Å². The number of nitrogens with one attached hydrogen (secondary N) is 2. The number of aliphatic hydroxyl groups is 1. The molecule has 1 aromatic carbocycles. The Labute approximate surface area is 140 Å². The molecule has 1 amide bonds. The zero-order valence-corrected chi connectivity index (χ0v) is 13.4. The highest BCUT2D eigenvalue weighted by molar-refractivity contribution is 5.95. The van der Waals surface area contributed by atoms with Crippen LogP contribution in [-0.2, 0) is 6.18 Å². The molecule has 9 heteroatoms. The first kappa shape index (κ1) is 18.7. The second kappa shape index (κ2) is 7.06. The molecule has 0 fully saturated rings. The van der Waals surface area contributed by atoms with Gasteiger partial charge in [-0.15, -0.1) is 0 Å². The lowest BCUT2D eigenvalue weighted by Crippen LogP contribution is -2.34. The molecule has 0 bridgehead atoms. The number of aromatic amines is 1. The molecule has 0 aliphatic carbocycles. The van der Waals surface area contributed by atoms with E-state index in [0.29, 0.717) is 11.3 Å². The van der Waals surface area contributed by atoms with E-state index >= 15 is 0 Å². The van der Waals surface area contributed by atoms with Crippen molar-refractivity contribution in [3.63, 3.8) is 0 Å². The van der Waals surface area contributed by atoms with Gasteiger partial charge in [0.2, 0.25) is 0 Å². The number of H-pyrrole nitrogens is 1. The summed E-state index contributed by atoms with van der Waals surface area (Å²) < 4.78 is 38.9. The van der Waals surface area contributed by atoms with E-state index in [0.717, 1.165) is 12.1 Å². The maximum absolute atomic E-state index is 13.0. The number of amides is 1. The fraction of sp³-hybridized carbons (Fsp3) is 0.312. The minimum Gasteiger partial charge on any atom is -0.387 e. The summed E-state index contributed by atoms with van der Waals surface area (Å²) in [6.07, 6.45) is -6.21. The van der Waals surface area contributed by atoms with E-state index in [9.17, 15) is 27.9 Å². The predicted molar refractivity (Wildman–Crippen MR) is 83.1 cm³/mol. The Balaban J connectivity index is 2.19. The van der Waals surface area contributed by atoms with E-state index in [2.05, 4.69) is 15.5 Å². The van der Waals surface area contributed by atoms with Crippen LogP contribution in [0.5, 0.6) is 0 Å². The fourth-order valence-electron chi connectivity index (χ4n) is 2.33. The third kappa shape index (κ3) is 4.05. The zero-order chi connectivity index (χ0) is 18.8. The normalized spacial score (nSPS) is 12.7. The van der Waals surface area contributed by atoms with Crippen molar-refractivity contribution in [3.05, 3.63) is 62.6 Å². The number of alkyl halides is 3.